The van der Waals surface area contributed by atoms with Gasteiger partial charge in [-0.15, -0.1) is 11.3 Å². The van der Waals surface area contributed by atoms with E-state index in [2.05, 4.69) is 15.3 Å². The molecule has 0 aliphatic rings. The van der Waals surface area contributed by atoms with Gasteiger partial charge in [0.05, 0.1) is 10.4 Å². The van der Waals surface area contributed by atoms with Gasteiger partial charge in [0.1, 0.15) is 16.5 Å². The molecule has 0 bridgehead atoms. The Morgan fingerprint density at radius 1 is 1.20 bits per heavy atom. The van der Waals surface area contributed by atoms with Crippen LogP contribution in [0.1, 0.15) is 37.1 Å². The quantitative estimate of drug-likeness (QED) is 0.751. The molecule has 0 aliphatic carbocycles. The number of nitrogens with two attached hydrogens (primary N) is 1. The van der Waals surface area contributed by atoms with Crippen LogP contribution in [0.4, 0.5) is 10.1 Å². The van der Waals surface area contributed by atoms with Crippen molar-refractivity contribution in [1.82, 2.24) is 9.97 Å². The normalized spacial score (nSPS) is 10.9. The third kappa shape index (κ3) is 3.08. The molecular weight excluding hydrogens is 343 g/mol. The molecule has 3 N–H and O–H groups in total. The highest BCUT2D eigenvalue weighted by Crippen LogP contribution is 2.31. The number of hydrogen-bond acceptors (Lipinski definition) is 5. The average Bonchev–Trinajstić information content (AvgIpc) is 2.85. The molecule has 0 saturated heterocycles. The van der Waals surface area contributed by atoms with Crippen molar-refractivity contribution >= 4 is 39.1 Å². The van der Waals surface area contributed by atoms with E-state index in [1.165, 1.54) is 23.5 Å². The lowest BCUT2D eigenvalue weighted by atomic mass is 10.1. The van der Waals surface area contributed by atoms with Crippen LogP contribution < -0.4 is 11.1 Å². The fraction of sp³-hybridized carbons (Fsp3) is 0.176. The summed E-state index contributed by atoms with van der Waals surface area (Å²) < 4.78 is 13.5. The lowest BCUT2D eigenvalue weighted by Gasteiger charge is -2.06. The molecule has 8 heteroatoms. The highest BCUT2D eigenvalue weighted by atomic mass is 32.1. The van der Waals surface area contributed by atoms with Crippen LogP contribution in [0.15, 0.2) is 18.2 Å². The molecule has 0 saturated carbocycles. The predicted octanol–water partition coefficient (Wildman–Crippen LogP) is 3.11. The Kier molecular flexibility index (Phi) is 4.22. The van der Waals surface area contributed by atoms with Gasteiger partial charge >= 0.3 is 0 Å². The lowest BCUT2D eigenvalue weighted by molar-refractivity contribution is 0.0993. The molecule has 2 amide bonds. The molecule has 0 atom stereocenters. The number of amides is 2. The molecular formula is C17H15FN4O2S. The van der Waals surface area contributed by atoms with E-state index in [4.69, 9.17) is 5.73 Å². The van der Waals surface area contributed by atoms with Gasteiger partial charge in [0.15, 0.2) is 0 Å². The number of carbonyl (C=O) groups is 2. The third-order valence-electron chi connectivity index (χ3n) is 3.78. The molecule has 2 heterocycles. The number of hydrogen-bond donors (Lipinski definition) is 2. The maximum absolute atomic E-state index is 13.5. The number of nitrogens with zero attached hydrogens (tertiary/aromatic N) is 2. The Morgan fingerprint density at radius 2 is 1.92 bits per heavy atom. The molecule has 0 unspecified atom stereocenters. The maximum Gasteiger partial charge on any atom is 0.266 e. The zero-order valence-corrected chi connectivity index (χ0v) is 14.6. The molecule has 3 rings (SSSR count). The highest BCUT2D eigenvalue weighted by molar-refractivity contribution is 7.20. The maximum atomic E-state index is 13.5. The molecule has 0 aliphatic heterocycles. The summed E-state index contributed by atoms with van der Waals surface area (Å²) in [4.78, 5) is 33.8. The zero-order chi connectivity index (χ0) is 18.3. The molecule has 2 aromatic heterocycles. The molecule has 1 aromatic carbocycles. The van der Waals surface area contributed by atoms with Crippen LogP contribution in [-0.2, 0) is 0 Å². The second-order valence-corrected chi connectivity index (χ2v) is 6.60. The van der Waals surface area contributed by atoms with Crippen molar-refractivity contribution < 1.29 is 14.0 Å². The molecule has 0 radical (unpaired) electrons. The number of rotatable bonds is 3. The Hall–Kier alpha value is -2.87. The van der Waals surface area contributed by atoms with Gasteiger partial charge in [0.2, 0.25) is 0 Å². The van der Waals surface area contributed by atoms with E-state index in [1.807, 2.05) is 13.8 Å². The smallest absolute Gasteiger partial charge is 0.266 e. The van der Waals surface area contributed by atoms with E-state index < -0.39 is 11.7 Å². The first-order valence-electron chi connectivity index (χ1n) is 7.43. The number of aromatic nitrogens is 2. The zero-order valence-electron chi connectivity index (χ0n) is 13.8. The number of fused-ring (bicyclic) bond motifs is 1. The van der Waals surface area contributed by atoms with E-state index in [0.29, 0.717) is 10.7 Å². The number of nitrogens with one attached hydrogen (secondary N) is 1. The van der Waals surface area contributed by atoms with Gasteiger partial charge in [-0.3, -0.25) is 9.59 Å². The molecule has 25 heavy (non-hydrogen) atoms. The van der Waals surface area contributed by atoms with Crippen LogP contribution in [0.5, 0.6) is 0 Å². The van der Waals surface area contributed by atoms with E-state index in [9.17, 15) is 14.0 Å². The number of benzene rings is 1. The summed E-state index contributed by atoms with van der Waals surface area (Å²) in [6.07, 6.45) is 0. The summed E-state index contributed by atoms with van der Waals surface area (Å²) in [6.45, 7) is 5.50. The molecule has 0 spiro atoms. The van der Waals surface area contributed by atoms with Gasteiger partial charge < -0.3 is 11.1 Å². The fourth-order valence-electron chi connectivity index (χ4n) is 2.67. The number of aryl methyl sites for hydroxylation is 3. The van der Waals surface area contributed by atoms with Gasteiger partial charge in [0, 0.05) is 16.8 Å². The van der Waals surface area contributed by atoms with Gasteiger partial charge in [-0.2, -0.15) is 0 Å². The number of anilines is 1. The van der Waals surface area contributed by atoms with Crippen LogP contribution in [-0.4, -0.2) is 21.8 Å². The molecule has 0 fully saturated rings. The minimum Gasteiger partial charge on any atom is -0.366 e. The topological polar surface area (TPSA) is 98.0 Å². The minimum absolute atomic E-state index is 0.275. The highest BCUT2D eigenvalue weighted by Gasteiger charge is 2.19. The Morgan fingerprint density at radius 3 is 2.60 bits per heavy atom. The average molecular weight is 358 g/mol. The summed E-state index contributed by atoms with van der Waals surface area (Å²) >= 11 is 1.26. The van der Waals surface area contributed by atoms with Crippen molar-refractivity contribution in [1.29, 1.82) is 0 Å². The Bertz CT molecular complexity index is 1030. The van der Waals surface area contributed by atoms with Crippen molar-refractivity contribution in [3.05, 3.63) is 51.5 Å². The van der Waals surface area contributed by atoms with Crippen molar-refractivity contribution in [2.75, 3.05) is 5.32 Å². The lowest BCUT2D eigenvalue weighted by Crippen LogP contribution is -2.15. The van der Waals surface area contributed by atoms with E-state index in [1.54, 1.807) is 6.92 Å². The molecule has 6 nitrogen and oxygen atoms in total. The van der Waals surface area contributed by atoms with Gasteiger partial charge in [-0.05, 0) is 44.5 Å². The number of carbonyl (C=O) groups excluding carboxylic acids is 2. The van der Waals surface area contributed by atoms with Crippen LogP contribution in [0.25, 0.3) is 10.2 Å². The monoisotopic (exact) mass is 358 g/mol. The molecule has 128 valence electrons. The summed E-state index contributed by atoms with van der Waals surface area (Å²) in [7, 11) is 0. The van der Waals surface area contributed by atoms with Crippen molar-refractivity contribution in [2.45, 2.75) is 20.8 Å². The SMILES string of the molecule is Cc1nc(C)c2c(C)c(C(=O)Nc3ccc(F)c(C(N)=O)c3)sc2n1. The first-order chi connectivity index (χ1) is 11.8. The summed E-state index contributed by atoms with van der Waals surface area (Å²) in [5.41, 5.74) is 6.74. The van der Waals surface area contributed by atoms with E-state index in [0.717, 1.165) is 27.5 Å². The second-order valence-electron chi connectivity index (χ2n) is 5.61. The molecule has 3 aromatic rings. The van der Waals surface area contributed by atoms with Crippen molar-refractivity contribution in [3.63, 3.8) is 0 Å². The van der Waals surface area contributed by atoms with Crippen molar-refractivity contribution in [2.24, 2.45) is 5.73 Å². The van der Waals surface area contributed by atoms with Gasteiger partial charge in [0.25, 0.3) is 11.8 Å². The van der Waals surface area contributed by atoms with E-state index >= 15 is 0 Å². The summed E-state index contributed by atoms with van der Waals surface area (Å²) in [5.74, 6) is -1.35. The first-order valence-corrected chi connectivity index (χ1v) is 8.24. The third-order valence-corrected chi connectivity index (χ3v) is 4.96. The fourth-order valence-corrected chi connectivity index (χ4v) is 3.84. The number of thiophene rings is 1. The Balaban J connectivity index is 1.98. The van der Waals surface area contributed by atoms with Crippen molar-refractivity contribution in [3.8, 4) is 0 Å². The van der Waals surface area contributed by atoms with Crippen LogP contribution in [0.3, 0.4) is 0 Å². The number of primary amides is 1. The predicted molar refractivity (Wildman–Crippen MR) is 94.5 cm³/mol. The van der Waals surface area contributed by atoms with Crippen LogP contribution >= 0.6 is 11.3 Å². The van der Waals surface area contributed by atoms with Gasteiger partial charge in [-0.1, -0.05) is 0 Å². The summed E-state index contributed by atoms with van der Waals surface area (Å²) in [5, 5.41) is 3.52. The number of halogens is 1. The summed E-state index contributed by atoms with van der Waals surface area (Å²) in [6, 6.07) is 3.68. The van der Waals surface area contributed by atoms with Crippen LogP contribution in [0, 0.1) is 26.6 Å². The Labute approximate surface area is 146 Å². The first kappa shape index (κ1) is 17.0. The largest absolute Gasteiger partial charge is 0.366 e. The second kappa shape index (κ2) is 6.21. The van der Waals surface area contributed by atoms with Gasteiger partial charge in [-0.25, -0.2) is 14.4 Å². The van der Waals surface area contributed by atoms with E-state index in [-0.39, 0.29) is 17.2 Å². The van der Waals surface area contributed by atoms with Crippen LogP contribution in [0.2, 0.25) is 0 Å². The standard InChI is InChI=1S/C17H15FN4O2S/c1-7-13-8(2)20-9(3)21-17(13)25-14(7)16(24)22-10-4-5-12(18)11(6-10)15(19)23/h4-6H,1-3H3,(H2,19,23)(H,22,24). The minimum atomic E-state index is -0.895.